The van der Waals surface area contributed by atoms with Crippen molar-refractivity contribution in [1.82, 2.24) is 4.98 Å². The second-order valence-electron chi connectivity index (χ2n) is 7.21. The molecule has 4 nitrogen and oxygen atoms in total. The molecule has 0 bridgehead atoms. The van der Waals surface area contributed by atoms with Crippen LogP contribution in [0.25, 0.3) is 0 Å². The van der Waals surface area contributed by atoms with Gasteiger partial charge >= 0.3 is 0 Å². The Balaban J connectivity index is 1.80. The molecule has 3 rings (SSSR count). The first-order valence-corrected chi connectivity index (χ1v) is 8.16. The Labute approximate surface area is 127 Å². The monoisotopic (exact) mass is 289 g/mol. The zero-order chi connectivity index (χ0) is 14.9. The first-order chi connectivity index (χ1) is 10.0. The molecule has 2 fully saturated rings. The average molecular weight is 289 g/mol. The van der Waals surface area contributed by atoms with Gasteiger partial charge in [0, 0.05) is 12.1 Å². The first-order valence-electron chi connectivity index (χ1n) is 8.16. The molecule has 1 aliphatic carbocycles. The van der Waals surface area contributed by atoms with Gasteiger partial charge in [0.1, 0.15) is 11.6 Å². The lowest BCUT2D eigenvalue weighted by molar-refractivity contribution is -0.00897. The molecule has 1 saturated carbocycles. The normalized spacial score (nSPS) is 26.3. The van der Waals surface area contributed by atoms with E-state index in [0.29, 0.717) is 12.1 Å². The van der Waals surface area contributed by atoms with Crippen molar-refractivity contribution in [3.63, 3.8) is 0 Å². The van der Waals surface area contributed by atoms with Crippen LogP contribution in [0.5, 0.6) is 0 Å². The van der Waals surface area contributed by atoms with Crippen molar-refractivity contribution in [2.24, 2.45) is 0 Å². The van der Waals surface area contributed by atoms with Crippen LogP contribution in [0.15, 0.2) is 18.2 Å². The summed E-state index contributed by atoms with van der Waals surface area (Å²) in [5.74, 6) is 2.04. The maximum Gasteiger partial charge on any atom is 0.131 e. The topological polar surface area (TPSA) is 37.4 Å². The molecule has 0 radical (unpaired) electrons. The number of aromatic nitrogens is 1. The van der Waals surface area contributed by atoms with Gasteiger partial charge in [0.15, 0.2) is 0 Å². The SMILES string of the molecule is CC(C)(C)Nc1cccc(N2CCOC3CCCCC32)n1. The van der Waals surface area contributed by atoms with Crippen molar-refractivity contribution in [2.75, 3.05) is 23.4 Å². The summed E-state index contributed by atoms with van der Waals surface area (Å²) >= 11 is 0. The van der Waals surface area contributed by atoms with E-state index in [1.165, 1.54) is 25.7 Å². The van der Waals surface area contributed by atoms with Crippen LogP contribution in [0.4, 0.5) is 11.6 Å². The fourth-order valence-corrected chi connectivity index (χ4v) is 3.42. The van der Waals surface area contributed by atoms with E-state index in [9.17, 15) is 0 Å². The van der Waals surface area contributed by atoms with Crippen LogP contribution in [0.2, 0.25) is 0 Å². The van der Waals surface area contributed by atoms with Crippen LogP contribution in [-0.4, -0.2) is 35.8 Å². The van der Waals surface area contributed by atoms with Crippen LogP contribution < -0.4 is 10.2 Å². The van der Waals surface area contributed by atoms with Crippen LogP contribution in [0, 0.1) is 0 Å². The molecule has 0 spiro atoms. The molecule has 2 atom stereocenters. The third-order valence-electron chi connectivity index (χ3n) is 4.26. The molecule has 21 heavy (non-hydrogen) atoms. The Hall–Kier alpha value is -1.29. The fourth-order valence-electron chi connectivity index (χ4n) is 3.42. The number of anilines is 2. The van der Waals surface area contributed by atoms with E-state index in [1.54, 1.807) is 0 Å². The molecule has 0 amide bonds. The number of pyridine rings is 1. The Morgan fingerprint density at radius 1 is 1.24 bits per heavy atom. The standard InChI is InChI=1S/C17H27N3O/c1-17(2,3)19-15-9-6-10-16(18-15)20-11-12-21-14-8-5-4-7-13(14)20/h6,9-10,13-14H,4-5,7-8,11-12H2,1-3H3,(H,18,19). The minimum atomic E-state index is 0.0318. The zero-order valence-corrected chi connectivity index (χ0v) is 13.4. The van der Waals surface area contributed by atoms with Gasteiger partial charge in [-0.2, -0.15) is 0 Å². The van der Waals surface area contributed by atoms with Crippen LogP contribution >= 0.6 is 0 Å². The first kappa shape index (κ1) is 14.6. The molecule has 2 unspecified atom stereocenters. The fraction of sp³-hybridized carbons (Fsp3) is 0.706. The summed E-state index contributed by atoms with van der Waals surface area (Å²) in [4.78, 5) is 7.29. The Bertz CT molecular complexity index is 481. The number of hydrogen-bond donors (Lipinski definition) is 1. The molecule has 0 aromatic carbocycles. The largest absolute Gasteiger partial charge is 0.374 e. The van der Waals surface area contributed by atoms with Crippen molar-refractivity contribution in [1.29, 1.82) is 0 Å². The number of fused-ring (bicyclic) bond motifs is 1. The number of nitrogens with zero attached hydrogens (tertiary/aromatic N) is 2. The highest BCUT2D eigenvalue weighted by atomic mass is 16.5. The van der Waals surface area contributed by atoms with Gasteiger partial charge in [-0.1, -0.05) is 18.9 Å². The lowest BCUT2D eigenvalue weighted by Crippen LogP contribution is -2.53. The number of hydrogen-bond acceptors (Lipinski definition) is 4. The molecular weight excluding hydrogens is 262 g/mol. The maximum absolute atomic E-state index is 5.96. The molecule has 1 aromatic heterocycles. The molecule has 1 aromatic rings. The van der Waals surface area contributed by atoms with E-state index in [-0.39, 0.29) is 5.54 Å². The van der Waals surface area contributed by atoms with Gasteiger partial charge < -0.3 is 15.0 Å². The second-order valence-corrected chi connectivity index (χ2v) is 7.21. The summed E-state index contributed by atoms with van der Waals surface area (Å²) in [6, 6.07) is 6.78. The van der Waals surface area contributed by atoms with Gasteiger partial charge in [0.05, 0.1) is 18.8 Å². The summed E-state index contributed by atoms with van der Waals surface area (Å²) in [7, 11) is 0. The maximum atomic E-state index is 5.96. The molecule has 2 heterocycles. The van der Waals surface area contributed by atoms with Crippen LogP contribution in [-0.2, 0) is 4.74 Å². The molecule has 1 saturated heterocycles. The van der Waals surface area contributed by atoms with E-state index in [0.717, 1.165) is 24.8 Å². The van der Waals surface area contributed by atoms with E-state index >= 15 is 0 Å². The van der Waals surface area contributed by atoms with E-state index < -0.39 is 0 Å². The Kier molecular flexibility index (Phi) is 4.07. The molecule has 2 aliphatic rings. The number of nitrogens with one attached hydrogen (secondary N) is 1. The lowest BCUT2D eigenvalue weighted by Gasteiger charge is -2.44. The van der Waals surface area contributed by atoms with Gasteiger partial charge in [-0.05, 0) is 45.7 Å². The summed E-state index contributed by atoms with van der Waals surface area (Å²) in [6.45, 7) is 8.25. The van der Waals surface area contributed by atoms with Crippen LogP contribution in [0.3, 0.4) is 0 Å². The summed E-state index contributed by atoms with van der Waals surface area (Å²) in [6.07, 6.45) is 5.42. The third-order valence-corrected chi connectivity index (χ3v) is 4.26. The third kappa shape index (κ3) is 3.49. The highest BCUT2D eigenvalue weighted by Crippen LogP contribution is 2.31. The minimum Gasteiger partial charge on any atom is -0.374 e. The zero-order valence-electron chi connectivity index (χ0n) is 13.4. The summed E-state index contributed by atoms with van der Waals surface area (Å²) in [5.41, 5.74) is 0.0318. The number of rotatable bonds is 2. The van der Waals surface area contributed by atoms with Crippen molar-refractivity contribution in [3.05, 3.63) is 18.2 Å². The molecule has 1 N–H and O–H groups in total. The smallest absolute Gasteiger partial charge is 0.131 e. The van der Waals surface area contributed by atoms with Gasteiger partial charge in [0.2, 0.25) is 0 Å². The lowest BCUT2D eigenvalue weighted by atomic mass is 9.90. The molecule has 4 heteroatoms. The van der Waals surface area contributed by atoms with Gasteiger partial charge in [0.25, 0.3) is 0 Å². The highest BCUT2D eigenvalue weighted by Gasteiger charge is 2.34. The minimum absolute atomic E-state index is 0.0318. The van der Waals surface area contributed by atoms with Crippen molar-refractivity contribution < 1.29 is 4.74 Å². The average Bonchev–Trinajstić information content (AvgIpc) is 2.45. The second kappa shape index (κ2) is 5.84. The Morgan fingerprint density at radius 2 is 2.05 bits per heavy atom. The molecule has 1 aliphatic heterocycles. The van der Waals surface area contributed by atoms with Crippen LogP contribution in [0.1, 0.15) is 46.5 Å². The number of ether oxygens (including phenoxy) is 1. The molecular formula is C17H27N3O. The summed E-state index contributed by atoms with van der Waals surface area (Å²) < 4.78 is 5.96. The van der Waals surface area contributed by atoms with Crippen molar-refractivity contribution >= 4 is 11.6 Å². The highest BCUT2D eigenvalue weighted by molar-refractivity contribution is 5.49. The van der Waals surface area contributed by atoms with E-state index in [4.69, 9.17) is 9.72 Å². The molecule has 116 valence electrons. The predicted molar refractivity (Wildman–Crippen MR) is 87.0 cm³/mol. The Morgan fingerprint density at radius 3 is 2.86 bits per heavy atom. The van der Waals surface area contributed by atoms with Crippen molar-refractivity contribution in [3.8, 4) is 0 Å². The van der Waals surface area contributed by atoms with E-state index in [2.05, 4.69) is 43.1 Å². The quantitative estimate of drug-likeness (QED) is 0.905. The van der Waals surface area contributed by atoms with Gasteiger partial charge in [-0.3, -0.25) is 0 Å². The van der Waals surface area contributed by atoms with Gasteiger partial charge in [-0.15, -0.1) is 0 Å². The summed E-state index contributed by atoms with van der Waals surface area (Å²) in [5, 5.41) is 3.46. The predicted octanol–water partition coefficient (Wildman–Crippen LogP) is 3.44. The van der Waals surface area contributed by atoms with E-state index in [1.807, 2.05) is 6.07 Å². The number of morpholine rings is 1. The van der Waals surface area contributed by atoms with Crippen molar-refractivity contribution in [2.45, 2.75) is 64.1 Å². The van der Waals surface area contributed by atoms with Gasteiger partial charge in [-0.25, -0.2) is 4.98 Å².